The molecular formula is C18H16O3S. The van der Waals surface area contributed by atoms with Gasteiger partial charge in [0.1, 0.15) is 18.1 Å². The maximum atomic E-state index is 10.9. The summed E-state index contributed by atoms with van der Waals surface area (Å²) in [7, 11) is 0. The average Bonchev–Trinajstić information content (AvgIpc) is 2.51. The van der Waals surface area contributed by atoms with Gasteiger partial charge in [0.25, 0.3) is 0 Å². The Balaban J connectivity index is 1.95. The number of hydrogen-bond donors (Lipinski definition) is 0. The van der Waals surface area contributed by atoms with Crippen LogP contribution in [0.5, 0.6) is 11.5 Å². The van der Waals surface area contributed by atoms with E-state index >= 15 is 0 Å². The van der Waals surface area contributed by atoms with E-state index in [2.05, 4.69) is 11.8 Å². The summed E-state index contributed by atoms with van der Waals surface area (Å²) < 4.78 is 10.5. The van der Waals surface area contributed by atoms with Crippen LogP contribution in [0.15, 0.2) is 58.3 Å². The Kier molecular flexibility index (Phi) is 5.93. The first-order valence-corrected chi connectivity index (χ1v) is 7.58. The first-order chi connectivity index (χ1) is 10.7. The minimum absolute atomic E-state index is 0.316. The maximum absolute atomic E-state index is 10.9. The molecule has 0 aromatic heterocycles. The molecule has 0 aliphatic rings. The Morgan fingerprint density at radius 2 is 1.55 bits per heavy atom. The molecule has 0 aliphatic heterocycles. The van der Waals surface area contributed by atoms with Gasteiger partial charge >= 0.3 is 5.97 Å². The van der Waals surface area contributed by atoms with Gasteiger partial charge in [-0.2, -0.15) is 0 Å². The molecule has 0 heterocycles. The van der Waals surface area contributed by atoms with E-state index in [-0.39, 0.29) is 5.97 Å². The van der Waals surface area contributed by atoms with Crippen LogP contribution in [0, 0.1) is 11.8 Å². The molecule has 3 nitrogen and oxygen atoms in total. The molecule has 2 aromatic carbocycles. The zero-order valence-corrected chi connectivity index (χ0v) is 13.3. The molecular weight excluding hydrogens is 296 g/mol. The molecule has 22 heavy (non-hydrogen) atoms. The molecule has 0 bridgehead atoms. The summed E-state index contributed by atoms with van der Waals surface area (Å²) in [5, 5.41) is 0. The van der Waals surface area contributed by atoms with E-state index in [4.69, 9.17) is 9.47 Å². The first-order valence-electron chi connectivity index (χ1n) is 6.76. The van der Waals surface area contributed by atoms with Crippen LogP contribution in [-0.2, 0) is 4.79 Å². The van der Waals surface area contributed by atoms with Crippen molar-refractivity contribution in [3.63, 3.8) is 0 Å². The number of esters is 1. The number of rotatable bonds is 5. The van der Waals surface area contributed by atoms with Gasteiger partial charge in [-0.25, -0.2) is 0 Å². The number of hydrogen-bond acceptors (Lipinski definition) is 4. The van der Waals surface area contributed by atoms with Crippen LogP contribution < -0.4 is 9.47 Å². The third-order valence-corrected chi connectivity index (χ3v) is 3.65. The van der Waals surface area contributed by atoms with Gasteiger partial charge in [-0.1, -0.05) is 17.7 Å². The average molecular weight is 312 g/mol. The highest BCUT2D eigenvalue weighted by molar-refractivity contribution is 7.99. The molecule has 0 fully saturated rings. The molecule has 0 spiro atoms. The van der Waals surface area contributed by atoms with Crippen molar-refractivity contribution in [1.29, 1.82) is 0 Å². The van der Waals surface area contributed by atoms with Gasteiger partial charge in [-0.3, -0.25) is 4.79 Å². The lowest BCUT2D eigenvalue weighted by atomic mass is 10.3. The molecule has 4 heteroatoms. The molecule has 112 valence electrons. The van der Waals surface area contributed by atoms with E-state index in [1.165, 1.54) is 6.92 Å². The van der Waals surface area contributed by atoms with E-state index in [0.717, 1.165) is 15.5 Å². The Hall–Kier alpha value is -2.38. The minimum atomic E-state index is -0.316. The lowest BCUT2D eigenvalue weighted by molar-refractivity contribution is -0.131. The van der Waals surface area contributed by atoms with Crippen molar-refractivity contribution < 1.29 is 14.3 Å². The van der Waals surface area contributed by atoms with Crippen LogP contribution in [0.25, 0.3) is 0 Å². The van der Waals surface area contributed by atoms with Gasteiger partial charge in [0, 0.05) is 16.7 Å². The quantitative estimate of drug-likeness (QED) is 0.472. The smallest absolute Gasteiger partial charge is 0.308 e. The fraction of sp³-hybridized carbons (Fsp3) is 0.167. The van der Waals surface area contributed by atoms with Crippen LogP contribution in [0.4, 0.5) is 0 Å². The first kappa shape index (κ1) is 16.0. The molecule has 0 saturated heterocycles. The summed E-state index contributed by atoms with van der Waals surface area (Å²) in [6.45, 7) is 3.58. The summed E-state index contributed by atoms with van der Waals surface area (Å²) >= 11 is 1.63. The van der Waals surface area contributed by atoms with Crippen molar-refractivity contribution >= 4 is 17.7 Å². The maximum Gasteiger partial charge on any atom is 0.308 e. The third-order valence-electron chi connectivity index (χ3n) is 2.63. The summed E-state index contributed by atoms with van der Waals surface area (Å²) in [6.07, 6.45) is 0. The predicted molar refractivity (Wildman–Crippen MR) is 87.3 cm³/mol. The van der Waals surface area contributed by atoms with Crippen LogP contribution in [0.3, 0.4) is 0 Å². The van der Waals surface area contributed by atoms with Gasteiger partial charge in [0.2, 0.25) is 0 Å². The van der Waals surface area contributed by atoms with Crippen LogP contribution in [0.2, 0.25) is 0 Å². The van der Waals surface area contributed by atoms with E-state index < -0.39 is 0 Å². The SMILES string of the molecule is CC#CCOc1ccc(Sc2ccc(OC(C)=O)cc2)cc1. The topological polar surface area (TPSA) is 35.5 Å². The molecule has 0 aliphatic carbocycles. The largest absolute Gasteiger partial charge is 0.481 e. The molecule has 0 radical (unpaired) electrons. The number of benzene rings is 2. The molecule has 0 atom stereocenters. The van der Waals surface area contributed by atoms with Crippen molar-refractivity contribution in [2.75, 3.05) is 6.61 Å². The highest BCUT2D eigenvalue weighted by atomic mass is 32.2. The van der Waals surface area contributed by atoms with Crippen molar-refractivity contribution in [2.45, 2.75) is 23.6 Å². The van der Waals surface area contributed by atoms with Crippen LogP contribution >= 0.6 is 11.8 Å². The van der Waals surface area contributed by atoms with E-state index in [1.807, 2.05) is 36.4 Å². The highest BCUT2D eigenvalue weighted by Crippen LogP contribution is 2.30. The highest BCUT2D eigenvalue weighted by Gasteiger charge is 2.01. The molecule has 2 aromatic rings. The molecule has 0 saturated carbocycles. The Morgan fingerprint density at radius 1 is 1.00 bits per heavy atom. The molecule has 0 N–H and O–H groups in total. The van der Waals surface area contributed by atoms with Gasteiger partial charge in [-0.15, -0.1) is 5.92 Å². The molecule has 2 rings (SSSR count). The Bertz CT molecular complexity index is 679. The van der Waals surface area contributed by atoms with Gasteiger partial charge in [-0.05, 0) is 55.5 Å². The minimum Gasteiger partial charge on any atom is -0.481 e. The summed E-state index contributed by atoms with van der Waals surface area (Å²) in [6, 6.07) is 15.3. The fourth-order valence-corrected chi connectivity index (χ4v) is 2.49. The normalized spacial score (nSPS) is 9.55. The standard InChI is InChI=1S/C18H16O3S/c1-3-4-13-20-15-5-9-17(10-6-15)22-18-11-7-16(8-12-18)21-14(2)19/h5-12H,13H2,1-2H3. The lowest BCUT2D eigenvalue weighted by Gasteiger charge is -2.06. The summed E-state index contributed by atoms with van der Waals surface area (Å²) in [5.74, 6) is 6.68. The van der Waals surface area contributed by atoms with Crippen molar-refractivity contribution in [1.82, 2.24) is 0 Å². The van der Waals surface area contributed by atoms with E-state index in [9.17, 15) is 4.79 Å². The predicted octanol–water partition coefficient (Wildman–Crippen LogP) is 4.17. The number of carbonyl (C=O) groups excluding carboxylic acids is 1. The Morgan fingerprint density at radius 3 is 2.05 bits per heavy atom. The second kappa shape index (κ2) is 8.16. The second-order valence-electron chi connectivity index (χ2n) is 4.35. The van der Waals surface area contributed by atoms with E-state index in [0.29, 0.717) is 12.4 Å². The molecule has 0 unspecified atom stereocenters. The summed E-state index contributed by atoms with van der Waals surface area (Å²) in [4.78, 5) is 13.0. The van der Waals surface area contributed by atoms with Gasteiger partial charge < -0.3 is 9.47 Å². The number of ether oxygens (including phenoxy) is 2. The van der Waals surface area contributed by atoms with Gasteiger partial charge in [0.05, 0.1) is 0 Å². The number of carbonyl (C=O) groups is 1. The second-order valence-corrected chi connectivity index (χ2v) is 5.50. The zero-order valence-electron chi connectivity index (χ0n) is 12.5. The van der Waals surface area contributed by atoms with Crippen LogP contribution in [0.1, 0.15) is 13.8 Å². The van der Waals surface area contributed by atoms with Crippen molar-refractivity contribution in [3.8, 4) is 23.3 Å². The van der Waals surface area contributed by atoms with E-state index in [1.54, 1.807) is 30.8 Å². The van der Waals surface area contributed by atoms with Crippen molar-refractivity contribution in [2.24, 2.45) is 0 Å². The fourth-order valence-electron chi connectivity index (χ4n) is 1.67. The van der Waals surface area contributed by atoms with Gasteiger partial charge in [0.15, 0.2) is 0 Å². The van der Waals surface area contributed by atoms with Crippen molar-refractivity contribution in [3.05, 3.63) is 48.5 Å². The zero-order chi connectivity index (χ0) is 15.8. The van der Waals surface area contributed by atoms with Crippen LogP contribution in [-0.4, -0.2) is 12.6 Å². The lowest BCUT2D eigenvalue weighted by Crippen LogP contribution is -2.00. The third kappa shape index (κ3) is 5.19. The summed E-state index contributed by atoms with van der Waals surface area (Å²) in [5.41, 5.74) is 0. The monoisotopic (exact) mass is 312 g/mol. The molecule has 0 amide bonds. The Labute approximate surface area is 134 Å².